The average molecular weight is 1080 g/mol. The van der Waals surface area contributed by atoms with E-state index < -0.39 is 124 Å². The zero-order valence-corrected chi connectivity index (χ0v) is 44.7. The van der Waals surface area contributed by atoms with E-state index >= 15 is 0 Å². The molecule has 0 bridgehead atoms. The molecule has 3 heterocycles. The minimum absolute atomic E-state index is 0.195. The van der Waals surface area contributed by atoms with Crippen molar-refractivity contribution in [2.75, 3.05) is 26.4 Å². The first-order valence-electron chi connectivity index (χ1n) is 27.5. The highest BCUT2D eigenvalue weighted by Gasteiger charge is 2.53. The molecule has 0 saturated carbocycles. The van der Waals surface area contributed by atoms with Crippen molar-refractivity contribution in [2.24, 2.45) is 0 Å². The van der Waals surface area contributed by atoms with Gasteiger partial charge in [-0.2, -0.15) is 0 Å². The Labute approximate surface area is 450 Å². The fourth-order valence-corrected chi connectivity index (χ4v) is 8.58. The molecule has 3 rings (SSSR count). The monoisotopic (exact) mass is 1080 g/mol. The van der Waals surface area contributed by atoms with Gasteiger partial charge in [0.15, 0.2) is 18.9 Å². The molecule has 17 unspecified atom stereocenters. The summed E-state index contributed by atoms with van der Waals surface area (Å²) in [6, 6.07) is -0.994. The molecule has 434 valence electrons. The lowest BCUT2D eigenvalue weighted by Gasteiger charge is -2.48. The highest BCUT2D eigenvalue weighted by atomic mass is 16.8. The molecule has 3 fully saturated rings. The number of allylic oxidation sites excluding steroid dienone is 15. The van der Waals surface area contributed by atoms with E-state index in [2.05, 4.69) is 104 Å². The highest BCUT2D eigenvalue weighted by Crippen LogP contribution is 2.33. The van der Waals surface area contributed by atoms with Crippen LogP contribution < -0.4 is 5.32 Å². The molecule has 3 aliphatic heterocycles. The molecule has 3 aliphatic rings. The summed E-state index contributed by atoms with van der Waals surface area (Å²) in [6.07, 6.45) is 21.7. The van der Waals surface area contributed by atoms with Gasteiger partial charge in [-0.15, -0.1) is 0 Å². The van der Waals surface area contributed by atoms with Crippen molar-refractivity contribution in [3.8, 4) is 0 Å². The number of hydrogen-bond donors (Lipinski definition) is 12. The minimum atomic E-state index is -1.98. The first-order chi connectivity index (χ1) is 36.8. The molecular formula is C57H93NO18. The van der Waals surface area contributed by atoms with Gasteiger partial charge in [0, 0.05) is 6.42 Å². The lowest BCUT2D eigenvalue weighted by Crippen LogP contribution is -2.66. The van der Waals surface area contributed by atoms with Gasteiger partial charge in [-0.25, -0.2) is 0 Å². The van der Waals surface area contributed by atoms with Crippen LogP contribution in [0.25, 0.3) is 0 Å². The average Bonchev–Trinajstić information content (AvgIpc) is 3.42. The summed E-state index contributed by atoms with van der Waals surface area (Å²) in [5.74, 6) is -0.320. The maximum absolute atomic E-state index is 13.2. The van der Waals surface area contributed by atoms with Crippen molar-refractivity contribution in [3.63, 3.8) is 0 Å². The SMILES string of the molecule is CC/C=C\C/C=C\C/C=C\C/C=C\C/C=C\C/C=C\C/C=C\CCCCCC(=O)NC(COC1OC(CO)C(OC2OC(CO)C(OC3OC(CO)C(O)C(O)C3O)C(O)C2O)C(O)C1O)C(O)/C=C/CCCCCC. The quantitative estimate of drug-likeness (QED) is 0.0313. The molecule has 12 N–H and O–H groups in total. The number of carbonyl (C=O) groups excluding carboxylic acids is 1. The molecule has 19 nitrogen and oxygen atoms in total. The number of aliphatic hydroxyl groups excluding tert-OH is 11. The predicted octanol–water partition coefficient (Wildman–Crippen LogP) is 3.42. The summed E-state index contributed by atoms with van der Waals surface area (Å²) in [5.41, 5.74) is 0. The standard InChI is InChI=1S/C57H93NO18/c1-3-5-7-9-11-12-13-14-15-16-17-18-19-20-21-22-23-24-25-26-27-28-29-31-33-35-45(63)58-40(41(62)34-32-30-10-8-6-4-2)39-71-55-51(69)48(66)53(43(37-60)73-55)76-57-52(70)49(67)54(44(38-61)74-57)75-56-50(68)47(65)46(64)42(36-59)72-56/h5,7,11-12,14-15,17-18,20-21,23-24,26-27,32,34,40-44,46-57,59-62,64-70H,3-4,6,8-10,13,16,19,22,25,28-31,33,35-39H2,1-2H3,(H,58,63)/b7-5-,12-11-,15-14-,18-17-,21-20-,24-23-,27-26-,34-32+. The Morgan fingerprint density at radius 1 is 0.487 bits per heavy atom. The van der Waals surface area contributed by atoms with Crippen molar-refractivity contribution < 1.29 is 89.4 Å². The Kier molecular flexibility index (Phi) is 35.2. The molecule has 0 aromatic heterocycles. The van der Waals surface area contributed by atoms with E-state index in [9.17, 15) is 61.0 Å². The van der Waals surface area contributed by atoms with Gasteiger partial charge >= 0.3 is 0 Å². The number of ether oxygens (including phenoxy) is 6. The smallest absolute Gasteiger partial charge is 0.220 e. The Morgan fingerprint density at radius 3 is 1.39 bits per heavy atom. The van der Waals surface area contributed by atoms with Crippen LogP contribution in [0.2, 0.25) is 0 Å². The summed E-state index contributed by atoms with van der Waals surface area (Å²) in [7, 11) is 0. The maximum Gasteiger partial charge on any atom is 0.220 e. The van der Waals surface area contributed by atoms with Crippen LogP contribution >= 0.6 is 0 Å². The van der Waals surface area contributed by atoms with E-state index in [1.807, 2.05) is 6.08 Å². The summed E-state index contributed by atoms with van der Waals surface area (Å²) >= 11 is 0. The first kappa shape index (κ1) is 67.0. The van der Waals surface area contributed by atoms with Crippen LogP contribution in [-0.4, -0.2) is 193 Å². The van der Waals surface area contributed by atoms with Crippen LogP contribution in [0.5, 0.6) is 0 Å². The van der Waals surface area contributed by atoms with Gasteiger partial charge in [-0.1, -0.05) is 137 Å². The Bertz CT molecular complexity index is 1770. The first-order valence-corrected chi connectivity index (χ1v) is 27.5. The predicted molar refractivity (Wildman–Crippen MR) is 286 cm³/mol. The van der Waals surface area contributed by atoms with Crippen molar-refractivity contribution in [3.05, 3.63) is 97.2 Å². The molecule has 3 saturated heterocycles. The topological polar surface area (TPSA) is 307 Å². The molecule has 0 spiro atoms. The van der Waals surface area contributed by atoms with E-state index in [-0.39, 0.29) is 18.9 Å². The Balaban J connectivity index is 1.45. The third kappa shape index (κ3) is 24.4. The lowest BCUT2D eigenvalue weighted by molar-refractivity contribution is -0.379. The number of carbonyl (C=O) groups is 1. The van der Waals surface area contributed by atoms with Crippen molar-refractivity contribution in [1.29, 1.82) is 0 Å². The third-order valence-corrected chi connectivity index (χ3v) is 13.1. The number of hydrogen-bond acceptors (Lipinski definition) is 18. The highest BCUT2D eigenvalue weighted by molar-refractivity contribution is 5.76. The molecule has 0 aromatic carbocycles. The number of nitrogens with one attached hydrogen (secondary N) is 1. The fraction of sp³-hybridized carbons (Fsp3) is 0.702. The molecule has 0 aliphatic carbocycles. The lowest BCUT2D eigenvalue weighted by atomic mass is 9.96. The van der Waals surface area contributed by atoms with Crippen LogP contribution in [0.15, 0.2) is 97.2 Å². The molecular weight excluding hydrogens is 987 g/mol. The van der Waals surface area contributed by atoms with Gasteiger partial charge in [0.25, 0.3) is 0 Å². The minimum Gasteiger partial charge on any atom is -0.394 e. The summed E-state index contributed by atoms with van der Waals surface area (Å²) < 4.78 is 34.0. The van der Waals surface area contributed by atoms with E-state index in [0.717, 1.165) is 89.9 Å². The maximum atomic E-state index is 13.2. The summed E-state index contributed by atoms with van der Waals surface area (Å²) in [6.45, 7) is 1.43. The third-order valence-electron chi connectivity index (χ3n) is 13.1. The van der Waals surface area contributed by atoms with Crippen molar-refractivity contribution in [1.82, 2.24) is 5.32 Å². The van der Waals surface area contributed by atoms with E-state index in [0.29, 0.717) is 12.8 Å². The number of aliphatic hydroxyl groups is 11. The van der Waals surface area contributed by atoms with Crippen molar-refractivity contribution in [2.45, 2.75) is 227 Å². The molecule has 76 heavy (non-hydrogen) atoms. The van der Waals surface area contributed by atoms with Gasteiger partial charge in [0.2, 0.25) is 5.91 Å². The second-order valence-corrected chi connectivity index (χ2v) is 19.3. The summed E-state index contributed by atoms with van der Waals surface area (Å²) in [5, 5.41) is 119. The van der Waals surface area contributed by atoms with E-state index in [1.165, 1.54) is 0 Å². The van der Waals surface area contributed by atoms with Crippen LogP contribution in [0.4, 0.5) is 0 Å². The molecule has 1 amide bonds. The van der Waals surface area contributed by atoms with E-state index in [1.54, 1.807) is 6.08 Å². The van der Waals surface area contributed by atoms with Crippen LogP contribution in [0.1, 0.15) is 123 Å². The van der Waals surface area contributed by atoms with Crippen LogP contribution in [0, 0.1) is 0 Å². The number of amides is 1. The van der Waals surface area contributed by atoms with Crippen molar-refractivity contribution >= 4 is 5.91 Å². The van der Waals surface area contributed by atoms with Crippen LogP contribution in [-0.2, 0) is 33.2 Å². The number of rotatable bonds is 37. The molecule has 0 radical (unpaired) electrons. The number of unbranched alkanes of at least 4 members (excludes halogenated alkanes) is 7. The second-order valence-electron chi connectivity index (χ2n) is 19.3. The van der Waals surface area contributed by atoms with Gasteiger partial charge < -0.3 is 89.9 Å². The molecule has 0 aromatic rings. The fourth-order valence-electron chi connectivity index (χ4n) is 8.58. The van der Waals surface area contributed by atoms with Gasteiger partial charge in [0.05, 0.1) is 38.6 Å². The van der Waals surface area contributed by atoms with Gasteiger partial charge in [-0.05, 0) is 77.0 Å². The second kappa shape index (κ2) is 40.0. The normalized spacial score (nSPS) is 31.7. The summed E-state index contributed by atoms with van der Waals surface area (Å²) in [4.78, 5) is 13.2. The van der Waals surface area contributed by atoms with E-state index in [4.69, 9.17) is 28.4 Å². The van der Waals surface area contributed by atoms with Crippen LogP contribution in [0.3, 0.4) is 0 Å². The molecule has 19 heteroatoms. The Morgan fingerprint density at radius 2 is 0.908 bits per heavy atom. The zero-order chi connectivity index (χ0) is 55.5. The largest absolute Gasteiger partial charge is 0.394 e. The molecule has 17 atom stereocenters. The zero-order valence-electron chi connectivity index (χ0n) is 44.7. The Hall–Kier alpha value is -3.29. The van der Waals surface area contributed by atoms with Gasteiger partial charge in [-0.3, -0.25) is 4.79 Å². The van der Waals surface area contributed by atoms with Gasteiger partial charge in [0.1, 0.15) is 73.2 Å².